The molecule has 1 aliphatic heterocycles. The third-order valence-corrected chi connectivity index (χ3v) is 6.30. The molecule has 0 unspecified atom stereocenters. The van der Waals surface area contributed by atoms with E-state index in [2.05, 4.69) is 21.8 Å². The molecule has 8 nitrogen and oxygen atoms in total. The third kappa shape index (κ3) is 3.86. The van der Waals surface area contributed by atoms with E-state index in [-0.39, 0.29) is 11.8 Å². The molecular formula is C22H23N5O3S. The van der Waals surface area contributed by atoms with Crippen LogP contribution in [0.15, 0.2) is 42.6 Å². The molecule has 1 atom stereocenters. The van der Waals surface area contributed by atoms with Gasteiger partial charge >= 0.3 is 0 Å². The molecule has 4 aromatic rings. The second-order valence-electron chi connectivity index (χ2n) is 7.98. The van der Waals surface area contributed by atoms with Crippen molar-refractivity contribution in [3.8, 4) is 11.4 Å². The highest BCUT2D eigenvalue weighted by Crippen LogP contribution is 2.32. The summed E-state index contributed by atoms with van der Waals surface area (Å²) in [6.07, 6.45) is 3.10. The van der Waals surface area contributed by atoms with Gasteiger partial charge in [-0.05, 0) is 31.2 Å². The van der Waals surface area contributed by atoms with Crippen molar-refractivity contribution in [1.82, 2.24) is 19.9 Å². The van der Waals surface area contributed by atoms with E-state index in [1.807, 2.05) is 36.5 Å². The highest BCUT2D eigenvalue weighted by Gasteiger charge is 2.24. The highest BCUT2D eigenvalue weighted by molar-refractivity contribution is 7.89. The number of nitrogens with zero attached hydrogens (tertiary/aromatic N) is 4. The van der Waals surface area contributed by atoms with Crippen molar-refractivity contribution < 1.29 is 13.2 Å². The molecule has 5 rings (SSSR count). The number of H-pyrrole nitrogens is 1. The maximum absolute atomic E-state index is 11.8. The molecule has 0 bridgehead atoms. The molecule has 1 saturated heterocycles. The number of benzene rings is 1. The molecular weight excluding hydrogens is 414 g/mol. The Morgan fingerprint density at radius 1 is 1.13 bits per heavy atom. The highest BCUT2D eigenvalue weighted by atomic mass is 32.2. The Kier molecular flexibility index (Phi) is 4.86. The minimum atomic E-state index is -3.21. The number of hydrogen-bond donors (Lipinski definition) is 1. The van der Waals surface area contributed by atoms with E-state index >= 15 is 0 Å². The van der Waals surface area contributed by atoms with Gasteiger partial charge in [0.15, 0.2) is 21.3 Å². The van der Waals surface area contributed by atoms with Crippen molar-refractivity contribution >= 4 is 37.6 Å². The number of sulfone groups is 1. The fraction of sp³-hybridized carbons (Fsp3) is 0.318. The first-order valence-electron chi connectivity index (χ1n) is 10.2. The van der Waals surface area contributed by atoms with Crippen LogP contribution in [0.4, 0.5) is 5.82 Å². The summed E-state index contributed by atoms with van der Waals surface area (Å²) < 4.78 is 29.2. The largest absolute Gasteiger partial charge is 0.377 e. The van der Waals surface area contributed by atoms with Gasteiger partial charge in [-0.3, -0.25) is 0 Å². The standard InChI is InChI=1S/C22H23N5O3S/c1-14-12-30-11-10-27(14)22-18-7-6-15(13-31(2,28)29)24-21(18)25-20(26-22)17-4-3-5-19-16(17)8-9-23-19/h3-9,14,23H,10-13H2,1-2H3/t14-/m1/s1. The number of fused-ring (bicyclic) bond motifs is 2. The van der Waals surface area contributed by atoms with Gasteiger partial charge < -0.3 is 14.6 Å². The number of pyridine rings is 1. The predicted molar refractivity (Wildman–Crippen MR) is 121 cm³/mol. The predicted octanol–water partition coefficient (Wildman–Crippen LogP) is 2.94. The van der Waals surface area contributed by atoms with Crippen LogP contribution in [0.5, 0.6) is 0 Å². The van der Waals surface area contributed by atoms with Gasteiger partial charge in [-0.25, -0.2) is 23.4 Å². The molecule has 31 heavy (non-hydrogen) atoms. The second-order valence-corrected chi connectivity index (χ2v) is 10.1. The zero-order valence-corrected chi connectivity index (χ0v) is 18.2. The topological polar surface area (TPSA) is 101 Å². The number of ether oxygens (including phenoxy) is 1. The summed E-state index contributed by atoms with van der Waals surface area (Å²) in [5, 5.41) is 1.83. The van der Waals surface area contributed by atoms with Gasteiger partial charge in [-0.15, -0.1) is 0 Å². The van der Waals surface area contributed by atoms with Crippen LogP contribution in [0.2, 0.25) is 0 Å². The Labute approximate surface area is 180 Å². The van der Waals surface area contributed by atoms with Crippen molar-refractivity contribution in [3.05, 3.63) is 48.3 Å². The number of nitrogens with one attached hydrogen (secondary N) is 1. The minimum absolute atomic E-state index is 0.126. The molecule has 4 heterocycles. The van der Waals surface area contributed by atoms with E-state index < -0.39 is 9.84 Å². The molecule has 3 aromatic heterocycles. The molecule has 1 N–H and O–H groups in total. The number of rotatable bonds is 4. The van der Waals surface area contributed by atoms with Gasteiger partial charge in [-0.2, -0.15) is 0 Å². The zero-order chi connectivity index (χ0) is 21.6. The Bertz CT molecular complexity index is 1380. The molecule has 1 aliphatic rings. The molecule has 0 saturated carbocycles. The Hall–Kier alpha value is -3.04. The van der Waals surface area contributed by atoms with E-state index in [4.69, 9.17) is 14.7 Å². The van der Waals surface area contributed by atoms with Gasteiger partial charge in [0.1, 0.15) is 5.82 Å². The summed E-state index contributed by atoms with van der Waals surface area (Å²) in [7, 11) is -3.21. The lowest BCUT2D eigenvalue weighted by molar-refractivity contribution is 0.0987. The Morgan fingerprint density at radius 2 is 2.00 bits per heavy atom. The zero-order valence-electron chi connectivity index (χ0n) is 17.4. The second kappa shape index (κ2) is 7.58. The van der Waals surface area contributed by atoms with Gasteiger partial charge in [0.2, 0.25) is 0 Å². The lowest BCUT2D eigenvalue weighted by Crippen LogP contribution is -2.44. The molecule has 0 amide bonds. The first kappa shape index (κ1) is 19.9. The first-order chi connectivity index (χ1) is 14.9. The molecule has 0 spiro atoms. The molecule has 1 fully saturated rings. The number of hydrogen-bond acceptors (Lipinski definition) is 7. The SMILES string of the molecule is C[C@@H]1COCCN1c1nc(-c2cccc3[nH]ccc23)nc2nc(CS(C)(=O)=O)ccc12. The van der Waals surface area contributed by atoms with Crippen molar-refractivity contribution in [2.45, 2.75) is 18.7 Å². The van der Waals surface area contributed by atoms with E-state index in [9.17, 15) is 8.42 Å². The van der Waals surface area contributed by atoms with Crippen LogP contribution >= 0.6 is 0 Å². The van der Waals surface area contributed by atoms with E-state index in [1.54, 1.807) is 6.07 Å². The van der Waals surface area contributed by atoms with E-state index in [0.29, 0.717) is 36.9 Å². The van der Waals surface area contributed by atoms with Crippen LogP contribution in [0.3, 0.4) is 0 Å². The van der Waals surface area contributed by atoms with Crippen molar-refractivity contribution in [1.29, 1.82) is 0 Å². The Balaban J connectivity index is 1.74. The van der Waals surface area contributed by atoms with E-state index in [1.165, 1.54) is 6.26 Å². The number of anilines is 1. The van der Waals surface area contributed by atoms with E-state index in [0.717, 1.165) is 27.7 Å². The summed E-state index contributed by atoms with van der Waals surface area (Å²) in [4.78, 5) is 19.8. The Morgan fingerprint density at radius 3 is 2.81 bits per heavy atom. The molecule has 9 heteroatoms. The van der Waals surface area contributed by atoms with Crippen LogP contribution in [-0.4, -0.2) is 60.4 Å². The molecule has 160 valence electrons. The number of aromatic amines is 1. The summed E-state index contributed by atoms with van der Waals surface area (Å²) in [6, 6.07) is 11.7. The van der Waals surface area contributed by atoms with Gasteiger partial charge in [-0.1, -0.05) is 12.1 Å². The summed E-state index contributed by atoms with van der Waals surface area (Å²) in [6.45, 7) is 4.06. The molecule has 0 aliphatic carbocycles. The lowest BCUT2D eigenvalue weighted by atomic mass is 10.1. The molecule has 0 radical (unpaired) electrons. The van der Waals surface area contributed by atoms with Gasteiger partial charge in [0.25, 0.3) is 0 Å². The average Bonchev–Trinajstić information content (AvgIpc) is 3.21. The quantitative estimate of drug-likeness (QED) is 0.524. The van der Waals surface area contributed by atoms with Crippen molar-refractivity contribution in [2.24, 2.45) is 0 Å². The third-order valence-electron chi connectivity index (χ3n) is 5.48. The van der Waals surface area contributed by atoms with Crippen LogP contribution in [0.1, 0.15) is 12.6 Å². The maximum Gasteiger partial charge on any atom is 0.165 e. The number of aromatic nitrogens is 4. The van der Waals surface area contributed by atoms with Crippen LogP contribution < -0.4 is 4.90 Å². The average molecular weight is 438 g/mol. The lowest BCUT2D eigenvalue weighted by Gasteiger charge is -2.35. The van der Waals surface area contributed by atoms with Gasteiger partial charge in [0.05, 0.1) is 36.1 Å². The minimum Gasteiger partial charge on any atom is -0.377 e. The van der Waals surface area contributed by atoms with Crippen LogP contribution in [-0.2, 0) is 20.3 Å². The maximum atomic E-state index is 11.8. The monoisotopic (exact) mass is 437 g/mol. The summed E-state index contributed by atoms with van der Waals surface area (Å²) in [5.41, 5.74) is 2.87. The van der Waals surface area contributed by atoms with Crippen LogP contribution in [0.25, 0.3) is 33.3 Å². The van der Waals surface area contributed by atoms with Crippen molar-refractivity contribution in [2.75, 3.05) is 30.9 Å². The smallest absolute Gasteiger partial charge is 0.165 e. The number of morpholine rings is 1. The van der Waals surface area contributed by atoms with Crippen LogP contribution in [0, 0.1) is 0 Å². The fourth-order valence-corrected chi connectivity index (χ4v) is 4.74. The first-order valence-corrected chi connectivity index (χ1v) is 12.2. The fourth-order valence-electron chi connectivity index (χ4n) is 4.04. The normalized spacial score (nSPS) is 17.5. The molecule has 1 aromatic carbocycles. The van der Waals surface area contributed by atoms with Crippen molar-refractivity contribution in [3.63, 3.8) is 0 Å². The summed E-state index contributed by atoms with van der Waals surface area (Å²) >= 11 is 0. The summed E-state index contributed by atoms with van der Waals surface area (Å²) in [5.74, 6) is 1.23. The van der Waals surface area contributed by atoms with Gasteiger partial charge in [0, 0.05) is 35.5 Å².